The van der Waals surface area contributed by atoms with Gasteiger partial charge in [-0.05, 0) is 24.5 Å². The second-order valence-electron chi connectivity index (χ2n) is 5.68. The Labute approximate surface area is 141 Å². The summed E-state index contributed by atoms with van der Waals surface area (Å²) in [5.41, 5.74) is 0.351. The van der Waals surface area contributed by atoms with Crippen LogP contribution in [0.15, 0.2) is 24.3 Å². The molecule has 132 valence electrons. The average molecular weight is 336 g/mol. The summed E-state index contributed by atoms with van der Waals surface area (Å²) in [6.07, 6.45) is 0.326. The molecule has 0 spiro atoms. The molecule has 7 nitrogen and oxygen atoms in total. The second-order valence-corrected chi connectivity index (χ2v) is 5.68. The molecule has 0 fully saturated rings. The van der Waals surface area contributed by atoms with E-state index in [1.54, 1.807) is 24.3 Å². The van der Waals surface area contributed by atoms with Gasteiger partial charge in [0, 0.05) is 13.0 Å². The van der Waals surface area contributed by atoms with Gasteiger partial charge in [-0.15, -0.1) is 0 Å². The fraction of sp³-hybridized carbons (Fsp3) is 0.471. The molecule has 1 aromatic rings. The van der Waals surface area contributed by atoms with Gasteiger partial charge in [0.25, 0.3) is 5.91 Å². The van der Waals surface area contributed by atoms with Crippen molar-refractivity contribution in [3.05, 3.63) is 29.8 Å². The molecular formula is C17H24N2O5. The van der Waals surface area contributed by atoms with E-state index in [1.807, 2.05) is 13.8 Å². The molecule has 0 bridgehead atoms. The van der Waals surface area contributed by atoms with Crippen LogP contribution in [-0.2, 0) is 9.59 Å². The maximum absolute atomic E-state index is 12.4. The Morgan fingerprint density at radius 2 is 1.88 bits per heavy atom. The fourth-order valence-corrected chi connectivity index (χ4v) is 2.15. The monoisotopic (exact) mass is 336 g/mol. The number of carboxylic acids is 1. The van der Waals surface area contributed by atoms with Gasteiger partial charge >= 0.3 is 5.97 Å². The molecule has 0 aliphatic carbocycles. The summed E-state index contributed by atoms with van der Waals surface area (Å²) >= 11 is 0. The molecule has 24 heavy (non-hydrogen) atoms. The van der Waals surface area contributed by atoms with E-state index in [1.165, 1.54) is 7.11 Å². The summed E-state index contributed by atoms with van der Waals surface area (Å²) in [6, 6.07) is 6.05. The number of benzene rings is 1. The lowest BCUT2D eigenvalue weighted by molar-refractivity contribution is -0.137. The molecule has 7 heteroatoms. The van der Waals surface area contributed by atoms with Crippen molar-refractivity contribution in [2.24, 2.45) is 5.92 Å². The van der Waals surface area contributed by atoms with Crippen LogP contribution in [0.25, 0.3) is 0 Å². The maximum atomic E-state index is 12.4. The molecule has 0 aliphatic heterocycles. The zero-order valence-electron chi connectivity index (χ0n) is 14.2. The molecule has 0 saturated heterocycles. The third-order valence-corrected chi connectivity index (χ3v) is 3.45. The highest BCUT2D eigenvalue weighted by Gasteiger charge is 2.25. The van der Waals surface area contributed by atoms with Crippen LogP contribution in [0.1, 0.15) is 37.0 Å². The Kier molecular flexibility index (Phi) is 7.74. The van der Waals surface area contributed by atoms with Gasteiger partial charge in [-0.25, -0.2) is 0 Å². The van der Waals surface area contributed by atoms with Crippen molar-refractivity contribution in [1.29, 1.82) is 0 Å². The second kappa shape index (κ2) is 9.54. The normalized spacial score (nSPS) is 11.7. The van der Waals surface area contributed by atoms with Crippen molar-refractivity contribution < 1.29 is 24.2 Å². The third kappa shape index (κ3) is 5.91. The molecule has 0 radical (unpaired) electrons. The Balaban J connectivity index is 2.69. The van der Waals surface area contributed by atoms with E-state index in [-0.39, 0.29) is 24.8 Å². The molecule has 1 rings (SSSR count). The quantitative estimate of drug-likeness (QED) is 0.592. The van der Waals surface area contributed by atoms with Crippen LogP contribution >= 0.6 is 0 Å². The number of nitrogens with one attached hydrogen (secondary N) is 2. The van der Waals surface area contributed by atoms with Crippen LogP contribution in [-0.4, -0.2) is 42.6 Å². The Morgan fingerprint density at radius 3 is 2.46 bits per heavy atom. The summed E-state index contributed by atoms with van der Waals surface area (Å²) in [7, 11) is 1.47. The van der Waals surface area contributed by atoms with E-state index < -0.39 is 17.9 Å². The summed E-state index contributed by atoms with van der Waals surface area (Å²) in [4.78, 5) is 35.1. The van der Waals surface area contributed by atoms with Crippen LogP contribution in [0.5, 0.6) is 5.75 Å². The van der Waals surface area contributed by atoms with E-state index in [0.29, 0.717) is 17.7 Å². The van der Waals surface area contributed by atoms with Gasteiger partial charge in [-0.3, -0.25) is 14.4 Å². The van der Waals surface area contributed by atoms with Gasteiger partial charge in [0.2, 0.25) is 5.91 Å². The average Bonchev–Trinajstić information content (AvgIpc) is 2.55. The van der Waals surface area contributed by atoms with Crippen molar-refractivity contribution in [1.82, 2.24) is 10.6 Å². The van der Waals surface area contributed by atoms with Crippen molar-refractivity contribution >= 4 is 17.8 Å². The van der Waals surface area contributed by atoms with Crippen LogP contribution in [0.3, 0.4) is 0 Å². The van der Waals surface area contributed by atoms with E-state index in [0.717, 1.165) is 0 Å². The largest absolute Gasteiger partial charge is 0.496 e. The van der Waals surface area contributed by atoms with E-state index in [2.05, 4.69) is 10.6 Å². The zero-order chi connectivity index (χ0) is 18.1. The number of aliphatic carboxylic acids is 1. The van der Waals surface area contributed by atoms with Gasteiger partial charge in [0.1, 0.15) is 11.8 Å². The highest BCUT2D eigenvalue weighted by molar-refractivity contribution is 5.99. The van der Waals surface area contributed by atoms with Crippen LogP contribution < -0.4 is 15.4 Å². The zero-order valence-corrected chi connectivity index (χ0v) is 14.2. The number of methoxy groups -OCH3 is 1. The van der Waals surface area contributed by atoms with Gasteiger partial charge < -0.3 is 20.5 Å². The molecule has 0 aliphatic rings. The van der Waals surface area contributed by atoms with Gasteiger partial charge in [0.05, 0.1) is 12.7 Å². The summed E-state index contributed by atoms with van der Waals surface area (Å²) < 4.78 is 5.15. The predicted molar refractivity (Wildman–Crippen MR) is 89.0 cm³/mol. The number of para-hydroxylation sites is 1. The van der Waals surface area contributed by atoms with Gasteiger partial charge in [-0.1, -0.05) is 26.0 Å². The lowest BCUT2D eigenvalue weighted by Gasteiger charge is -2.22. The first-order valence-electron chi connectivity index (χ1n) is 7.80. The summed E-state index contributed by atoms with van der Waals surface area (Å²) in [6.45, 7) is 3.90. The molecular weight excluding hydrogens is 312 g/mol. The minimum Gasteiger partial charge on any atom is -0.496 e. The third-order valence-electron chi connectivity index (χ3n) is 3.45. The molecule has 1 unspecified atom stereocenters. The lowest BCUT2D eigenvalue weighted by atomic mass is 10.0. The molecule has 1 atom stereocenters. The molecule has 2 amide bonds. The van der Waals surface area contributed by atoms with Crippen molar-refractivity contribution in [3.8, 4) is 5.75 Å². The first kappa shape index (κ1) is 19.5. The number of carbonyl (C=O) groups excluding carboxylic acids is 2. The predicted octanol–water partition coefficient (Wildman–Crippen LogP) is 1.43. The summed E-state index contributed by atoms with van der Waals surface area (Å²) in [5.74, 6) is -1.33. The lowest BCUT2D eigenvalue weighted by Crippen LogP contribution is -2.50. The van der Waals surface area contributed by atoms with E-state index in [4.69, 9.17) is 9.84 Å². The number of rotatable bonds is 9. The Morgan fingerprint density at radius 1 is 1.21 bits per heavy atom. The molecule has 0 aromatic heterocycles. The Bertz CT molecular complexity index is 586. The Hall–Kier alpha value is -2.57. The van der Waals surface area contributed by atoms with Gasteiger partial charge in [-0.2, -0.15) is 0 Å². The highest BCUT2D eigenvalue weighted by atomic mass is 16.5. The number of carboxylic acid groups (broad SMARTS) is 1. The number of amides is 2. The minimum atomic E-state index is -0.908. The minimum absolute atomic E-state index is 0.0137. The van der Waals surface area contributed by atoms with Crippen LogP contribution in [0.2, 0.25) is 0 Å². The molecule has 0 saturated carbocycles. The first-order chi connectivity index (χ1) is 11.4. The topological polar surface area (TPSA) is 105 Å². The maximum Gasteiger partial charge on any atom is 0.303 e. The van der Waals surface area contributed by atoms with Crippen LogP contribution in [0.4, 0.5) is 0 Å². The fourth-order valence-electron chi connectivity index (χ4n) is 2.15. The first-order valence-corrected chi connectivity index (χ1v) is 7.80. The number of hydrogen-bond donors (Lipinski definition) is 3. The number of carbonyl (C=O) groups is 3. The smallest absolute Gasteiger partial charge is 0.303 e. The van der Waals surface area contributed by atoms with Crippen molar-refractivity contribution in [2.45, 2.75) is 32.7 Å². The van der Waals surface area contributed by atoms with Crippen LogP contribution in [0, 0.1) is 5.92 Å². The molecule has 0 heterocycles. The standard InChI is InChI=1S/C17H24N2O5/c1-11(2)15(17(23)18-10-6-9-14(20)21)19-16(22)12-7-4-5-8-13(12)24-3/h4-5,7-8,11,15H,6,9-10H2,1-3H3,(H,18,23)(H,19,22)(H,20,21). The SMILES string of the molecule is COc1ccccc1C(=O)NC(C(=O)NCCCC(=O)O)C(C)C. The van der Waals surface area contributed by atoms with E-state index in [9.17, 15) is 14.4 Å². The highest BCUT2D eigenvalue weighted by Crippen LogP contribution is 2.17. The number of hydrogen-bond acceptors (Lipinski definition) is 4. The number of ether oxygens (including phenoxy) is 1. The van der Waals surface area contributed by atoms with Gasteiger partial charge in [0.15, 0.2) is 0 Å². The summed E-state index contributed by atoms with van der Waals surface area (Å²) in [5, 5.41) is 14.0. The molecule has 3 N–H and O–H groups in total. The van der Waals surface area contributed by atoms with E-state index >= 15 is 0 Å². The molecule has 1 aromatic carbocycles. The van der Waals surface area contributed by atoms with Crippen molar-refractivity contribution in [3.63, 3.8) is 0 Å². The van der Waals surface area contributed by atoms with Crippen molar-refractivity contribution in [2.75, 3.05) is 13.7 Å².